The largest absolute Gasteiger partial charge is 0.497 e. The maximum absolute atomic E-state index is 6.53. The predicted octanol–water partition coefficient (Wildman–Crippen LogP) is 10.1. The predicted molar refractivity (Wildman–Crippen MR) is 187 cm³/mol. The minimum Gasteiger partial charge on any atom is -0.497 e. The van der Waals surface area contributed by atoms with Gasteiger partial charge in [0.15, 0.2) is 17.4 Å². The van der Waals surface area contributed by atoms with Crippen molar-refractivity contribution < 1.29 is 23.7 Å². The molecule has 0 radical (unpaired) electrons. The third kappa shape index (κ3) is 8.72. The number of rotatable bonds is 12. The van der Waals surface area contributed by atoms with Crippen molar-refractivity contribution in [3.05, 3.63) is 131 Å². The monoisotopic (exact) mass is 669 g/mol. The quantitative estimate of drug-likeness (QED) is 0.0567. The minimum atomic E-state index is 0.0266. The highest BCUT2D eigenvalue weighted by Gasteiger charge is 2.20. The van der Waals surface area contributed by atoms with E-state index in [1.54, 1.807) is 37.7 Å². The molecule has 46 heavy (non-hydrogen) atoms. The molecule has 0 aliphatic carbocycles. The van der Waals surface area contributed by atoms with E-state index in [1.807, 2.05) is 78.9 Å². The first kappa shape index (κ1) is 31.7. The average molecular weight is 670 g/mol. The van der Waals surface area contributed by atoms with Crippen LogP contribution in [0, 0.1) is 0 Å². The van der Waals surface area contributed by atoms with Gasteiger partial charge in [-0.05, 0) is 102 Å². The van der Waals surface area contributed by atoms with Crippen LogP contribution in [-0.2, 0) is 6.42 Å². The van der Waals surface area contributed by atoms with Crippen LogP contribution in [-0.4, -0.2) is 31.5 Å². The van der Waals surface area contributed by atoms with Crippen LogP contribution >= 0.6 is 35.1 Å². The Morgan fingerprint density at radius 1 is 0.696 bits per heavy atom. The molecule has 0 saturated carbocycles. The Labute approximate surface area is 282 Å². The normalized spacial score (nSPS) is 12.3. The second-order valence-corrected chi connectivity index (χ2v) is 13.6. The van der Waals surface area contributed by atoms with Gasteiger partial charge in [-0.25, -0.2) is 4.99 Å². The van der Waals surface area contributed by atoms with Gasteiger partial charge in [0.25, 0.3) is 0 Å². The van der Waals surface area contributed by atoms with Gasteiger partial charge in [0.1, 0.15) is 17.2 Å². The Morgan fingerprint density at radius 2 is 1.24 bits per heavy atom. The number of hydrogen-bond donors (Lipinski definition) is 0. The molecule has 0 fully saturated rings. The van der Waals surface area contributed by atoms with Crippen LogP contribution in [0.2, 0.25) is 5.02 Å². The molecule has 1 heterocycles. The molecule has 0 atom stereocenters. The summed E-state index contributed by atoms with van der Waals surface area (Å²) in [5.41, 5.74) is 3.09. The Kier molecular flexibility index (Phi) is 10.6. The molecule has 1 aliphatic heterocycles. The summed E-state index contributed by atoms with van der Waals surface area (Å²) in [7, 11) is 3.34. The van der Waals surface area contributed by atoms with Crippen LogP contribution in [0.3, 0.4) is 0 Å². The molecule has 0 N–H and O–H groups in total. The molecule has 6 nitrogen and oxygen atoms in total. The van der Waals surface area contributed by atoms with E-state index >= 15 is 0 Å². The molecule has 1 aliphatic rings. The van der Waals surface area contributed by atoms with Gasteiger partial charge in [-0.2, -0.15) is 0 Å². The number of hydrogen-bond acceptors (Lipinski definition) is 8. The molecule has 5 aromatic rings. The van der Waals surface area contributed by atoms with Gasteiger partial charge in [-0.1, -0.05) is 35.9 Å². The van der Waals surface area contributed by atoms with Gasteiger partial charge in [-0.15, -0.1) is 23.5 Å². The lowest BCUT2D eigenvalue weighted by molar-refractivity contribution is 0.174. The summed E-state index contributed by atoms with van der Waals surface area (Å²) in [5, 5.41) is 0.732. The first-order valence-corrected chi connectivity index (χ1v) is 16.8. The lowest BCUT2D eigenvalue weighted by Crippen LogP contribution is -2.14. The number of nitrogens with zero attached hydrogens (tertiary/aromatic N) is 1. The molecule has 5 aromatic carbocycles. The zero-order valence-electron chi connectivity index (χ0n) is 25.4. The number of benzene rings is 5. The average Bonchev–Trinajstić information content (AvgIpc) is 3.55. The van der Waals surface area contributed by atoms with Gasteiger partial charge in [-0.3, -0.25) is 0 Å². The number of aliphatic imine (C=N–C) groups is 1. The SMILES string of the molecule is COc1ccc(SC(CC(=Nc2ccc3c(c2)OCO3)Oc2ccc(Cc3ccc(Cl)cc3)cc2)Sc2ccc(OC)cc2)cc1. The van der Waals surface area contributed by atoms with Gasteiger partial charge in [0.2, 0.25) is 6.79 Å². The van der Waals surface area contributed by atoms with Gasteiger partial charge >= 0.3 is 0 Å². The molecule has 0 saturated heterocycles. The van der Waals surface area contributed by atoms with Crippen LogP contribution in [0.25, 0.3) is 0 Å². The number of halogens is 1. The first-order valence-electron chi connectivity index (χ1n) is 14.6. The summed E-state index contributed by atoms with van der Waals surface area (Å²) in [5.74, 6) is 4.30. The van der Waals surface area contributed by atoms with Crippen molar-refractivity contribution in [3.8, 4) is 28.7 Å². The molecule has 0 spiro atoms. The summed E-state index contributed by atoms with van der Waals surface area (Å²) < 4.78 is 28.4. The van der Waals surface area contributed by atoms with E-state index in [9.17, 15) is 0 Å². The molecule has 234 valence electrons. The van der Waals surface area contributed by atoms with E-state index in [2.05, 4.69) is 36.4 Å². The highest BCUT2D eigenvalue weighted by atomic mass is 35.5. The van der Waals surface area contributed by atoms with Crippen molar-refractivity contribution in [1.29, 1.82) is 0 Å². The standard InChI is InChI=1S/C37H32ClNO5S2/c1-40-29-12-16-32(17-13-29)45-37(46-33-18-14-30(41-2)15-19-33)23-36(39-28-9-20-34-35(22-28)43-24-42-34)44-31-10-5-26(6-11-31)21-25-3-7-27(38)8-4-25/h3-20,22,37H,21,23-24H2,1-2H3. The number of methoxy groups -OCH3 is 2. The molecule has 0 bridgehead atoms. The Hall–Kier alpha value is -4.24. The summed E-state index contributed by atoms with van der Waals surface area (Å²) in [6.45, 7) is 0.202. The fraction of sp³-hybridized carbons (Fsp3) is 0.162. The number of thioether (sulfide) groups is 2. The fourth-order valence-electron chi connectivity index (χ4n) is 4.72. The van der Waals surface area contributed by atoms with Crippen molar-refractivity contribution in [1.82, 2.24) is 0 Å². The minimum absolute atomic E-state index is 0.0266. The zero-order chi connectivity index (χ0) is 31.7. The first-order chi connectivity index (χ1) is 22.5. The highest BCUT2D eigenvalue weighted by Crippen LogP contribution is 2.40. The highest BCUT2D eigenvalue weighted by molar-refractivity contribution is 8.17. The lowest BCUT2D eigenvalue weighted by atomic mass is 10.1. The maximum Gasteiger partial charge on any atom is 0.231 e. The molecule has 0 unspecified atom stereocenters. The third-order valence-electron chi connectivity index (χ3n) is 7.09. The van der Waals surface area contributed by atoms with Gasteiger partial charge < -0.3 is 23.7 Å². The molecule has 6 rings (SSSR count). The Morgan fingerprint density at radius 3 is 1.83 bits per heavy atom. The Balaban J connectivity index is 1.27. The van der Waals surface area contributed by atoms with Crippen LogP contribution in [0.1, 0.15) is 17.5 Å². The van der Waals surface area contributed by atoms with Crippen LogP contribution in [0.15, 0.2) is 130 Å². The van der Waals surface area contributed by atoms with E-state index in [1.165, 1.54) is 11.1 Å². The van der Waals surface area contributed by atoms with Crippen molar-refractivity contribution in [2.45, 2.75) is 27.2 Å². The molecular weight excluding hydrogens is 638 g/mol. The number of ether oxygens (including phenoxy) is 5. The van der Waals surface area contributed by atoms with E-state index in [0.29, 0.717) is 29.6 Å². The van der Waals surface area contributed by atoms with E-state index < -0.39 is 0 Å². The van der Waals surface area contributed by atoms with Crippen molar-refractivity contribution in [2.24, 2.45) is 4.99 Å². The van der Waals surface area contributed by atoms with Crippen LogP contribution in [0.5, 0.6) is 28.7 Å². The van der Waals surface area contributed by atoms with Crippen LogP contribution in [0.4, 0.5) is 5.69 Å². The van der Waals surface area contributed by atoms with E-state index in [-0.39, 0.29) is 11.4 Å². The second kappa shape index (κ2) is 15.4. The summed E-state index contributed by atoms with van der Waals surface area (Å²) in [6, 6.07) is 37.9. The second-order valence-electron chi connectivity index (χ2n) is 10.3. The summed E-state index contributed by atoms with van der Waals surface area (Å²) in [4.78, 5) is 7.21. The summed E-state index contributed by atoms with van der Waals surface area (Å²) in [6.07, 6.45) is 1.34. The topological polar surface area (TPSA) is 58.5 Å². The zero-order valence-corrected chi connectivity index (χ0v) is 27.7. The van der Waals surface area contributed by atoms with Crippen molar-refractivity contribution in [3.63, 3.8) is 0 Å². The lowest BCUT2D eigenvalue weighted by Gasteiger charge is -2.19. The maximum atomic E-state index is 6.53. The molecule has 9 heteroatoms. The fourth-order valence-corrected chi connectivity index (χ4v) is 7.35. The molecular formula is C37H32ClNO5S2. The van der Waals surface area contributed by atoms with Crippen molar-refractivity contribution >= 4 is 46.7 Å². The Bertz CT molecular complexity index is 1710. The van der Waals surface area contributed by atoms with Gasteiger partial charge in [0.05, 0.1) is 24.5 Å². The van der Waals surface area contributed by atoms with E-state index in [0.717, 1.165) is 38.4 Å². The molecule has 0 aromatic heterocycles. The number of fused-ring (bicyclic) bond motifs is 1. The van der Waals surface area contributed by atoms with Crippen LogP contribution < -0.4 is 23.7 Å². The summed E-state index contributed by atoms with van der Waals surface area (Å²) >= 11 is 9.56. The molecule has 0 amide bonds. The smallest absolute Gasteiger partial charge is 0.231 e. The van der Waals surface area contributed by atoms with E-state index in [4.69, 9.17) is 40.3 Å². The van der Waals surface area contributed by atoms with Gasteiger partial charge in [0, 0.05) is 27.3 Å². The van der Waals surface area contributed by atoms with Crippen molar-refractivity contribution in [2.75, 3.05) is 21.0 Å². The third-order valence-corrected chi connectivity index (χ3v) is 9.86.